The van der Waals surface area contributed by atoms with Gasteiger partial charge in [-0.15, -0.1) is 0 Å². The molecule has 2 N–H and O–H groups in total. The number of imide groups is 1. The average molecular weight is 748 g/mol. The Balaban J connectivity index is 1.11. The Kier molecular flexibility index (Phi) is 10.3. The predicted octanol–water partition coefficient (Wildman–Crippen LogP) is 5.10. The molecule has 0 unspecified atom stereocenters. The molecule has 0 saturated carbocycles. The van der Waals surface area contributed by atoms with Gasteiger partial charge in [-0.2, -0.15) is 22.6 Å². The number of anilines is 1. The Morgan fingerprint density at radius 3 is 2.31 bits per heavy atom. The third kappa shape index (κ3) is 8.20. The highest BCUT2D eigenvalue weighted by molar-refractivity contribution is 7.89. The summed E-state index contributed by atoms with van der Waals surface area (Å²) in [6, 6.07) is 8.14. The van der Waals surface area contributed by atoms with E-state index in [0.29, 0.717) is 44.6 Å². The zero-order chi connectivity index (χ0) is 37.6. The zero-order valence-electron chi connectivity index (χ0n) is 29.6. The minimum absolute atomic E-state index is 0.0582. The maximum atomic E-state index is 14.2. The van der Waals surface area contributed by atoms with Crippen LogP contribution >= 0.6 is 0 Å². The summed E-state index contributed by atoms with van der Waals surface area (Å²) in [6.45, 7) is 6.63. The predicted molar refractivity (Wildman–Crippen MR) is 186 cm³/mol. The van der Waals surface area contributed by atoms with Crippen molar-refractivity contribution in [2.24, 2.45) is 7.05 Å². The lowest BCUT2D eigenvalue weighted by Gasteiger charge is -2.33. The van der Waals surface area contributed by atoms with Gasteiger partial charge in [0.25, 0.3) is 0 Å². The lowest BCUT2D eigenvalue weighted by molar-refractivity contribution is -0.138. The fourth-order valence-electron chi connectivity index (χ4n) is 7.14. The van der Waals surface area contributed by atoms with Gasteiger partial charge in [0.15, 0.2) is 5.82 Å². The van der Waals surface area contributed by atoms with Crippen molar-refractivity contribution in [1.82, 2.24) is 29.6 Å². The second kappa shape index (κ2) is 14.3. The van der Waals surface area contributed by atoms with E-state index in [1.165, 1.54) is 9.21 Å². The summed E-state index contributed by atoms with van der Waals surface area (Å²) in [4.78, 5) is 39.4. The molecule has 0 bridgehead atoms. The van der Waals surface area contributed by atoms with Crippen LogP contribution in [0.4, 0.5) is 28.6 Å². The van der Waals surface area contributed by atoms with Crippen LogP contribution in [0, 0.1) is 0 Å². The molecule has 17 heteroatoms. The van der Waals surface area contributed by atoms with Crippen LogP contribution in [-0.2, 0) is 39.3 Å². The quantitative estimate of drug-likeness (QED) is 0.340. The van der Waals surface area contributed by atoms with Crippen LogP contribution in [0.15, 0.2) is 41.3 Å². The second-order valence-corrected chi connectivity index (χ2v) is 16.6. The molecule has 282 valence electrons. The first-order valence-electron chi connectivity index (χ1n) is 17.4. The molecule has 52 heavy (non-hydrogen) atoms. The molecular weight excluding hydrogens is 703 g/mol. The minimum atomic E-state index is -4.66. The minimum Gasteiger partial charge on any atom is -0.444 e. The first-order valence-corrected chi connectivity index (χ1v) is 18.8. The van der Waals surface area contributed by atoms with E-state index in [4.69, 9.17) is 4.74 Å². The molecule has 6 rings (SSSR count). The molecule has 4 amide bonds. The van der Waals surface area contributed by atoms with Crippen LogP contribution in [0.3, 0.4) is 0 Å². The van der Waals surface area contributed by atoms with E-state index in [0.717, 1.165) is 34.7 Å². The number of hydrogen-bond donors (Lipinski definition) is 2. The van der Waals surface area contributed by atoms with Gasteiger partial charge in [0.2, 0.25) is 15.9 Å². The lowest BCUT2D eigenvalue weighted by atomic mass is 9.88. The van der Waals surface area contributed by atoms with Crippen molar-refractivity contribution in [2.75, 3.05) is 37.6 Å². The van der Waals surface area contributed by atoms with Crippen molar-refractivity contribution in [3.63, 3.8) is 0 Å². The molecule has 3 aromatic rings. The fourth-order valence-corrected chi connectivity index (χ4v) is 8.66. The molecular formula is C35H44F3N7O6S. The number of fused-ring (bicyclic) bond motifs is 1. The number of rotatable bonds is 7. The second-order valence-electron chi connectivity index (χ2n) is 14.7. The zero-order valence-corrected chi connectivity index (χ0v) is 30.4. The van der Waals surface area contributed by atoms with Crippen molar-refractivity contribution in [3.05, 3.63) is 53.1 Å². The molecule has 3 aliphatic heterocycles. The first kappa shape index (κ1) is 37.5. The van der Waals surface area contributed by atoms with Gasteiger partial charge < -0.3 is 10.1 Å². The van der Waals surface area contributed by atoms with E-state index in [9.17, 15) is 36.0 Å². The normalized spacial score (nSPS) is 19.2. The van der Waals surface area contributed by atoms with Gasteiger partial charge in [0.05, 0.1) is 16.0 Å². The van der Waals surface area contributed by atoms with Crippen LogP contribution in [0.1, 0.15) is 75.5 Å². The van der Waals surface area contributed by atoms with Crippen LogP contribution < -0.4 is 15.5 Å². The summed E-state index contributed by atoms with van der Waals surface area (Å²) in [5, 5.41) is 10.4. The summed E-state index contributed by atoms with van der Waals surface area (Å²) in [6.07, 6.45) is -3.03. The Morgan fingerprint density at radius 2 is 1.67 bits per heavy atom. The highest BCUT2D eigenvalue weighted by Gasteiger charge is 2.37. The van der Waals surface area contributed by atoms with E-state index >= 15 is 0 Å². The number of piperidine rings is 2. The molecule has 0 radical (unpaired) electrons. The van der Waals surface area contributed by atoms with Crippen molar-refractivity contribution in [1.29, 1.82) is 0 Å². The molecule has 4 heterocycles. The van der Waals surface area contributed by atoms with E-state index in [1.807, 2.05) is 23.1 Å². The Hall–Kier alpha value is -4.22. The van der Waals surface area contributed by atoms with Crippen LogP contribution in [0.5, 0.6) is 0 Å². The smallest absolute Gasteiger partial charge is 0.416 e. The Labute approximate surface area is 300 Å². The van der Waals surface area contributed by atoms with Crippen molar-refractivity contribution in [2.45, 2.75) is 88.1 Å². The molecule has 3 aliphatic rings. The van der Waals surface area contributed by atoms with Crippen LogP contribution in [-0.4, -0.2) is 89.8 Å². The van der Waals surface area contributed by atoms with Crippen LogP contribution in [0.2, 0.25) is 0 Å². The maximum Gasteiger partial charge on any atom is 0.416 e. The van der Waals surface area contributed by atoms with Gasteiger partial charge in [-0.25, -0.2) is 18.0 Å². The number of nitrogens with one attached hydrogen (secondary N) is 2. The summed E-state index contributed by atoms with van der Waals surface area (Å²) in [7, 11) is -2.31. The Morgan fingerprint density at radius 1 is 0.981 bits per heavy atom. The number of carbonyl (C=O) groups excluding carboxylic acids is 3. The Bertz CT molecular complexity index is 1960. The number of ether oxygens (including phenoxy) is 1. The number of urea groups is 1. The number of aromatic nitrogens is 2. The van der Waals surface area contributed by atoms with Crippen molar-refractivity contribution < 1.29 is 40.7 Å². The van der Waals surface area contributed by atoms with Crippen LogP contribution in [0.25, 0.3) is 10.9 Å². The summed E-state index contributed by atoms with van der Waals surface area (Å²) in [5.41, 5.74) is 0.231. The highest BCUT2D eigenvalue weighted by atomic mass is 32.2. The first-order chi connectivity index (χ1) is 24.4. The molecule has 0 aliphatic carbocycles. The third-order valence-electron chi connectivity index (χ3n) is 9.81. The van der Waals surface area contributed by atoms with Crippen molar-refractivity contribution in [3.8, 4) is 0 Å². The summed E-state index contributed by atoms with van der Waals surface area (Å²) < 4.78 is 78.0. The van der Waals surface area contributed by atoms with E-state index in [-0.39, 0.29) is 60.9 Å². The third-order valence-corrected chi connectivity index (χ3v) is 11.7. The number of nitrogens with zero attached hydrogens (tertiary/aromatic N) is 5. The maximum absolute atomic E-state index is 14.2. The molecule has 2 aromatic carbocycles. The van der Waals surface area contributed by atoms with Gasteiger partial charge in [0, 0.05) is 51.1 Å². The van der Waals surface area contributed by atoms with Crippen molar-refractivity contribution >= 4 is 44.8 Å². The molecule has 0 atom stereocenters. The molecule has 3 fully saturated rings. The topological polar surface area (TPSA) is 146 Å². The SMILES string of the molecule is Cn1nc(N2CCC(=O)NC2=O)c2ccc(C3CCN(Cc4cc(S(=O)(=O)N5CCC(NC(=O)OC(C)(C)C)CC5)ccc4C(F)(F)F)CC3)cc21. The highest BCUT2D eigenvalue weighted by Crippen LogP contribution is 2.37. The standard InChI is InChI=1S/C35H44F3N7O6S/c1-34(2,3)51-33(48)39-25-11-16-44(17-12-25)52(49,50)26-6-8-28(35(36,37)38)24(19-26)21-43-14-9-22(10-15-43)23-5-7-27-29(20-23)42(4)41-31(27)45-18-13-30(46)40-32(45)47/h5-8,19-20,22,25H,9-18,21H2,1-4H3,(H,39,48)(H,40,46,47). The largest absolute Gasteiger partial charge is 0.444 e. The van der Waals surface area contributed by atoms with E-state index < -0.39 is 39.5 Å². The number of alkyl carbamates (subject to hydrolysis) is 1. The number of alkyl halides is 3. The number of hydrogen-bond acceptors (Lipinski definition) is 8. The number of halogens is 3. The van der Waals surface area contributed by atoms with Gasteiger partial charge in [-0.1, -0.05) is 6.07 Å². The number of carbonyl (C=O) groups is 3. The molecule has 3 saturated heterocycles. The number of benzene rings is 2. The number of likely N-dealkylation sites (tertiary alicyclic amines) is 1. The fraction of sp³-hybridized carbons (Fsp3) is 0.543. The number of aryl methyl sites for hydroxylation is 1. The lowest BCUT2D eigenvalue weighted by Crippen LogP contribution is -2.49. The average Bonchev–Trinajstić information content (AvgIpc) is 3.39. The number of amides is 4. The van der Waals surface area contributed by atoms with E-state index in [2.05, 4.69) is 15.7 Å². The summed E-state index contributed by atoms with van der Waals surface area (Å²) in [5.74, 6) is 0.273. The van der Waals surface area contributed by atoms with E-state index in [1.54, 1.807) is 32.5 Å². The molecule has 0 spiro atoms. The molecule has 13 nitrogen and oxygen atoms in total. The van der Waals surface area contributed by atoms with Gasteiger partial charge in [-0.3, -0.25) is 24.6 Å². The number of sulfonamides is 1. The monoisotopic (exact) mass is 747 g/mol. The molecule has 1 aromatic heterocycles. The van der Waals surface area contributed by atoms with Gasteiger partial charge >= 0.3 is 18.3 Å². The van der Waals surface area contributed by atoms with Gasteiger partial charge in [0.1, 0.15) is 5.60 Å². The summed E-state index contributed by atoms with van der Waals surface area (Å²) >= 11 is 0. The van der Waals surface area contributed by atoms with Gasteiger partial charge in [-0.05, 0) is 107 Å².